The number of carbonyl (C=O) groups is 1. The Morgan fingerprint density at radius 1 is 1.44 bits per heavy atom. The van der Waals surface area contributed by atoms with Crippen LogP contribution in [-0.2, 0) is 4.79 Å². The summed E-state index contributed by atoms with van der Waals surface area (Å²) in [4.78, 5) is 12.9. The second-order valence-corrected chi connectivity index (χ2v) is 3.88. The molecule has 0 saturated heterocycles. The highest BCUT2D eigenvalue weighted by Gasteiger charge is 2.07. The summed E-state index contributed by atoms with van der Waals surface area (Å²) in [7, 11) is 3.45. The molecule has 0 saturated carbocycles. The molecule has 0 bridgehead atoms. The highest BCUT2D eigenvalue weighted by Crippen LogP contribution is 2.25. The van der Waals surface area contributed by atoms with E-state index in [4.69, 9.17) is 10.5 Å². The number of nitrogen functional groups attached to an aromatic ring is 1. The minimum Gasteiger partial charge on any atom is -0.491 e. The topological polar surface area (TPSA) is 55.6 Å². The van der Waals surface area contributed by atoms with Crippen LogP contribution >= 0.6 is 0 Å². The molecule has 0 atom stereocenters. The number of ether oxygens (including phenoxy) is 1. The van der Waals surface area contributed by atoms with Crippen LogP contribution in [0, 0.1) is 6.92 Å². The van der Waals surface area contributed by atoms with Gasteiger partial charge in [0.05, 0.1) is 18.7 Å². The number of nitrogens with zero attached hydrogens (tertiary/aromatic N) is 1. The molecule has 1 rings (SSSR count). The van der Waals surface area contributed by atoms with Gasteiger partial charge in [-0.05, 0) is 18.6 Å². The van der Waals surface area contributed by atoms with Crippen molar-refractivity contribution in [3.05, 3.63) is 23.8 Å². The molecule has 2 N–H and O–H groups in total. The Labute approximate surface area is 96.0 Å². The summed E-state index contributed by atoms with van der Waals surface area (Å²) in [6, 6.07) is 5.60. The fourth-order valence-electron chi connectivity index (χ4n) is 1.34. The van der Waals surface area contributed by atoms with Crippen molar-refractivity contribution in [2.75, 3.05) is 26.4 Å². The Bertz CT molecular complexity index is 355. The summed E-state index contributed by atoms with van der Waals surface area (Å²) >= 11 is 0. The fraction of sp³-hybridized carbons (Fsp3) is 0.417. The lowest BCUT2D eigenvalue weighted by Gasteiger charge is -2.13. The smallest absolute Gasteiger partial charge is 0.225 e. The van der Waals surface area contributed by atoms with Gasteiger partial charge < -0.3 is 15.4 Å². The number of aryl methyl sites for hydroxylation is 1. The molecule has 0 aliphatic heterocycles. The first-order valence-electron chi connectivity index (χ1n) is 5.20. The summed E-state index contributed by atoms with van der Waals surface area (Å²) in [5, 5.41) is 0. The largest absolute Gasteiger partial charge is 0.491 e. The average molecular weight is 222 g/mol. The monoisotopic (exact) mass is 222 g/mol. The van der Waals surface area contributed by atoms with Gasteiger partial charge in [0.15, 0.2) is 0 Å². The maximum atomic E-state index is 11.3. The van der Waals surface area contributed by atoms with Gasteiger partial charge in [0, 0.05) is 14.1 Å². The number of benzene rings is 1. The minimum absolute atomic E-state index is 0.0483. The van der Waals surface area contributed by atoms with E-state index in [2.05, 4.69) is 0 Å². The number of hydrogen-bond acceptors (Lipinski definition) is 3. The molecule has 0 fully saturated rings. The van der Waals surface area contributed by atoms with Gasteiger partial charge in [0.2, 0.25) is 5.91 Å². The van der Waals surface area contributed by atoms with Gasteiger partial charge in [-0.15, -0.1) is 0 Å². The maximum Gasteiger partial charge on any atom is 0.225 e. The Balaban J connectivity index is 2.52. The van der Waals surface area contributed by atoms with E-state index in [1.165, 1.54) is 0 Å². The lowest BCUT2D eigenvalue weighted by molar-refractivity contribution is -0.129. The summed E-state index contributed by atoms with van der Waals surface area (Å²) in [6.07, 6.45) is 0.362. The number of nitrogens with two attached hydrogens (primary N) is 1. The Hall–Kier alpha value is -1.71. The molecule has 0 spiro atoms. The van der Waals surface area contributed by atoms with Crippen molar-refractivity contribution in [2.24, 2.45) is 0 Å². The minimum atomic E-state index is 0.0483. The molecule has 0 aliphatic rings. The average Bonchev–Trinajstić information content (AvgIpc) is 2.22. The quantitative estimate of drug-likeness (QED) is 0.784. The van der Waals surface area contributed by atoms with E-state index in [1.54, 1.807) is 25.1 Å². The molecule has 0 radical (unpaired) electrons. The van der Waals surface area contributed by atoms with E-state index in [0.29, 0.717) is 24.5 Å². The van der Waals surface area contributed by atoms with Crippen molar-refractivity contribution in [3.63, 3.8) is 0 Å². The number of rotatable bonds is 4. The van der Waals surface area contributed by atoms with Crippen molar-refractivity contribution >= 4 is 11.6 Å². The van der Waals surface area contributed by atoms with Gasteiger partial charge in [0.1, 0.15) is 5.75 Å². The molecule has 0 unspecified atom stereocenters. The third-order valence-electron chi connectivity index (χ3n) is 2.30. The van der Waals surface area contributed by atoms with Crippen LogP contribution in [-0.4, -0.2) is 31.5 Å². The zero-order valence-electron chi connectivity index (χ0n) is 9.99. The first kappa shape index (κ1) is 12.4. The normalized spacial score (nSPS) is 9.94. The second-order valence-electron chi connectivity index (χ2n) is 3.88. The van der Waals surface area contributed by atoms with E-state index in [9.17, 15) is 4.79 Å². The standard InChI is InChI=1S/C12H18N2O2/c1-9-5-4-6-10(13)12(9)16-8-7-11(15)14(2)3/h4-6H,7-8,13H2,1-3H3. The van der Waals surface area contributed by atoms with Gasteiger partial charge in [-0.25, -0.2) is 0 Å². The molecule has 4 nitrogen and oxygen atoms in total. The third kappa shape index (κ3) is 3.15. The van der Waals surface area contributed by atoms with Gasteiger partial charge in [-0.2, -0.15) is 0 Å². The highest BCUT2D eigenvalue weighted by molar-refractivity contribution is 5.75. The van der Waals surface area contributed by atoms with Crippen LogP contribution in [0.2, 0.25) is 0 Å². The first-order chi connectivity index (χ1) is 7.52. The molecule has 16 heavy (non-hydrogen) atoms. The number of hydrogen-bond donors (Lipinski definition) is 1. The van der Waals surface area contributed by atoms with Crippen LogP contribution in [0.4, 0.5) is 5.69 Å². The van der Waals surface area contributed by atoms with Gasteiger partial charge in [-0.1, -0.05) is 12.1 Å². The molecule has 4 heteroatoms. The summed E-state index contributed by atoms with van der Waals surface area (Å²) in [6.45, 7) is 2.28. The van der Waals surface area contributed by atoms with Crippen molar-refractivity contribution in [1.82, 2.24) is 4.90 Å². The van der Waals surface area contributed by atoms with Gasteiger partial charge in [0.25, 0.3) is 0 Å². The molecule has 1 amide bonds. The molecule has 88 valence electrons. The maximum absolute atomic E-state index is 11.3. The van der Waals surface area contributed by atoms with Gasteiger partial charge in [-0.3, -0.25) is 4.79 Å². The predicted octanol–water partition coefficient (Wildman–Crippen LogP) is 1.43. The molecule has 1 aromatic rings. The van der Waals surface area contributed by atoms with E-state index < -0.39 is 0 Å². The van der Waals surface area contributed by atoms with E-state index >= 15 is 0 Å². The van der Waals surface area contributed by atoms with Crippen molar-refractivity contribution < 1.29 is 9.53 Å². The van der Waals surface area contributed by atoms with Crippen molar-refractivity contribution in [2.45, 2.75) is 13.3 Å². The summed E-state index contributed by atoms with van der Waals surface area (Å²) in [5.74, 6) is 0.723. The van der Waals surface area contributed by atoms with E-state index in [-0.39, 0.29) is 5.91 Å². The van der Waals surface area contributed by atoms with Crippen molar-refractivity contribution in [1.29, 1.82) is 0 Å². The van der Waals surface area contributed by atoms with Crippen LogP contribution in [0.5, 0.6) is 5.75 Å². The second kappa shape index (κ2) is 5.39. The summed E-state index contributed by atoms with van der Waals surface area (Å²) < 4.78 is 5.52. The molecular formula is C12H18N2O2. The zero-order chi connectivity index (χ0) is 12.1. The van der Waals surface area contributed by atoms with Crippen LogP contribution in [0.15, 0.2) is 18.2 Å². The van der Waals surface area contributed by atoms with E-state index in [0.717, 1.165) is 5.56 Å². The highest BCUT2D eigenvalue weighted by atomic mass is 16.5. The molecule has 0 aliphatic carbocycles. The lowest BCUT2D eigenvalue weighted by atomic mass is 10.2. The molecule has 0 heterocycles. The van der Waals surface area contributed by atoms with Gasteiger partial charge >= 0.3 is 0 Å². The Morgan fingerprint density at radius 2 is 2.12 bits per heavy atom. The number of carbonyl (C=O) groups excluding carboxylic acids is 1. The molecule has 1 aromatic carbocycles. The number of anilines is 1. The Kier molecular flexibility index (Phi) is 4.17. The van der Waals surface area contributed by atoms with Crippen LogP contribution in [0.1, 0.15) is 12.0 Å². The number of para-hydroxylation sites is 1. The Morgan fingerprint density at radius 3 is 2.69 bits per heavy atom. The van der Waals surface area contributed by atoms with E-state index in [1.807, 2.05) is 19.1 Å². The third-order valence-corrected chi connectivity index (χ3v) is 2.30. The van der Waals surface area contributed by atoms with Crippen LogP contribution in [0.3, 0.4) is 0 Å². The van der Waals surface area contributed by atoms with Crippen LogP contribution < -0.4 is 10.5 Å². The molecular weight excluding hydrogens is 204 g/mol. The predicted molar refractivity (Wildman–Crippen MR) is 64.4 cm³/mol. The summed E-state index contributed by atoms with van der Waals surface area (Å²) in [5.41, 5.74) is 7.37. The molecule has 0 aromatic heterocycles. The van der Waals surface area contributed by atoms with Crippen LogP contribution in [0.25, 0.3) is 0 Å². The lowest BCUT2D eigenvalue weighted by Crippen LogP contribution is -2.23. The zero-order valence-corrected chi connectivity index (χ0v) is 9.99. The first-order valence-corrected chi connectivity index (χ1v) is 5.20. The van der Waals surface area contributed by atoms with Crippen molar-refractivity contribution in [3.8, 4) is 5.75 Å². The number of amides is 1. The SMILES string of the molecule is Cc1cccc(N)c1OCCC(=O)N(C)C. The fourth-order valence-corrected chi connectivity index (χ4v) is 1.34.